The van der Waals surface area contributed by atoms with Crippen molar-refractivity contribution in [1.82, 2.24) is 9.55 Å². The molecule has 0 saturated carbocycles. The van der Waals surface area contributed by atoms with Gasteiger partial charge in [-0.05, 0) is 23.8 Å². The summed E-state index contributed by atoms with van der Waals surface area (Å²) in [5.41, 5.74) is 1.74. The highest BCUT2D eigenvalue weighted by Crippen LogP contribution is 2.31. The first kappa shape index (κ1) is 17.6. The third-order valence-electron chi connectivity index (χ3n) is 3.51. The number of hydrogen-bond acceptors (Lipinski definition) is 1. The molecule has 3 aromatic rings. The molecule has 0 bridgehead atoms. The minimum Gasteiger partial charge on any atom is -0.323 e. The van der Waals surface area contributed by atoms with Crippen molar-refractivity contribution >= 4 is 50.2 Å². The van der Waals surface area contributed by atoms with Gasteiger partial charge in [-0.1, -0.05) is 57.3 Å². The average molecular weight is 438 g/mol. The van der Waals surface area contributed by atoms with E-state index in [2.05, 4.69) is 20.9 Å². The molecule has 0 aliphatic heterocycles. The zero-order valence-corrected chi connectivity index (χ0v) is 15.1. The van der Waals surface area contributed by atoms with Crippen LogP contribution in [0.4, 0.5) is 13.2 Å². The Hall–Kier alpha value is -1.24. The van der Waals surface area contributed by atoms with Crippen molar-refractivity contribution in [2.24, 2.45) is 0 Å². The highest BCUT2D eigenvalue weighted by Gasteiger charge is 2.31. The maximum atomic E-state index is 12.9. The lowest BCUT2D eigenvalue weighted by Gasteiger charge is -2.12. The molecule has 1 heterocycles. The molecule has 0 saturated heterocycles. The van der Waals surface area contributed by atoms with Crippen LogP contribution in [0.15, 0.2) is 40.9 Å². The number of aromatic nitrogens is 2. The van der Waals surface area contributed by atoms with Gasteiger partial charge in [0.15, 0.2) is 0 Å². The number of rotatable bonds is 3. The Kier molecular flexibility index (Phi) is 4.82. The summed E-state index contributed by atoms with van der Waals surface area (Å²) in [6.45, 7) is 0.237. The first-order valence-electron chi connectivity index (χ1n) is 6.89. The Morgan fingerprint density at radius 1 is 1.08 bits per heavy atom. The largest absolute Gasteiger partial charge is 0.396 e. The molecule has 0 amide bonds. The minimum absolute atomic E-state index is 0.0772. The van der Waals surface area contributed by atoms with Crippen molar-refractivity contribution in [2.45, 2.75) is 19.1 Å². The van der Waals surface area contributed by atoms with Gasteiger partial charge in [-0.25, -0.2) is 4.98 Å². The van der Waals surface area contributed by atoms with Crippen LogP contribution in [0.5, 0.6) is 0 Å². The first-order valence-corrected chi connectivity index (χ1v) is 8.44. The molecular formula is C16H10BrCl2F3N2. The second-order valence-corrected chi connectivity index (χ2v) is 6.92. The lowest BCUT2D eigenvalue weighted by atomic mass is 10.2. The van der Waals surface area contributed by atoms with Gasteiger partial charge in [0, 0.05) is 4.47 Å². The van der Waals surface area contributed by atoms with Gasteiger partial charge in [0.05, 0.1) is 27.6 Å². The van der Waals surface area contributed by atoms with Gasteiger partial charge in [0.1, 0.15) is 12.2 Å². The van der Waals surface area contributed by atoms with Crippen LogP contribution in [0.2, 0.25) is 10.0 Å². The van der Waals surface area contributed by atoms with E-state index in [1.165, 1.54) is 10.6 Å². The predicted molar refractivity (Wildman–Crippen MR) is 92.8 cm³/mol. The molecule has 0 atom stereocenters. The number of fused-ring (bicyclic) bond motifs is 1. The molecule has 8 heteroatoms. The normalized spacial score (nSPS) is 12.1. The third kappa shape index (κ3) is 3.71. The van der Waals surface area contributed by atoms with Crippen molar-refractivity contribution < 1.29 is 13.2 Å². The molecule has 2 nitrogen and oxygen atoms in total. The van der Waals surface area contributed by atoms with E-state index in [1.807, 2.05) is 24.3 Å². The first-order chi connectivity index (χ1) is 11.2. The molecule has 0 spiro atoms. The van der Waals surface area contributed by atoms with Gasteiger partial charge in [-0.15, -0.1) is 0 Å². The summed E-state index contributed by atoms with van der Waals surface area (Å²) < 4.78 is 41.1. The van der Waals surface area contributed by atoms with E-state index >= 15 is 0 Å². The Bertz CT molecular complexity index is 906. The smallest absolute Gasteiger partial charge is 0.323 e. The van der Waals surface area contributed by atoms with Crippen LogP contribution >= 0.6 is 39.1 Å². The average Bonchev–Trinajstić information content (AvgIpc) is 2.77. The van der Waals surface area contributed by atoms with E-state index in [0.29, 0.717) is 11.0 Å². The van der Waals surface area contributed by atoms with Gasteiger partial charge >= 0.3 is 6.18 Å². The lowest BCUT2D eigenvalue weighted by molar-refractivity contribution is -0.128. The Morgan fingerprint density at radius 3 is 2.42 bits per heavy atom. The van der Waals surface area contributed by atoms with Crippen LogP contribution in [-0.4, -0.2) is 15.7 Å². The maximum Gasteiger partial charge on any atom is 0.396 e. The molecule has 0 fully saturated rings. The summed E-state index contributed by atoms with van der Waals surface area (Å²) in [6, 6.07) is 10.4. The second-order valence-electron chi connectivity index (χ2n) is 5.25. The van der Waals surface area contributed by atoms with Gasteiger partial charge < -0.3 is 4.57 Å². The Morgan fingerprint density at radius 2 is 1.75 bits per heavy atom. The number of benzene rings is 2. The Balaban J connectivity index is 2.16. The number of halogens is 6. The number of alkyl halides is 3. The summed E-state index contributed by atoms with van der Waals surface area (Å²) in [5, 5.41) is 0.532. The molecule has 2 aromatic carbocycles. The van der Waals surface area contributed by atoms with Crippen LogP contribution in [0.3, 0.4) is 0 Å². The summed E-state index contributed by atoms with van der Waals surface area (Å²) in [6.07, 6.45) is -5.48. The van der Waals surface area contributed by atoms with Crippen LogP contribution in [0.1, 0.15) is 11.4 Å². The van der Waals surface area contributed by atoms with Crippen molar-refractivity contribution in [1.29, 1.82) is 0 Å². The maximum absolute atomic E-state index is 12.9. The molecule has 0 unspecified atom stereocenters. The zero-order valence-electron chi connectivity index (χ0n) is 12.0. The molecule has 24 heavy (non-hydrogen) atoms. The van der Waals surface area contributed by atoms with Crippen LogP contribution < -0.4 is 0 Å². The highest BCUT2D eigenvalue weighted by molar-refractivity contribution is 9.10. The SMILES string of the molecule is FC(F)(F)Cc1nc2cc(Cl)c(Cl)cc2n1Cc1ccccc1Br. The van der Waals surface area contributed by atoms with Crippen LogP contribution in [-0.2, 0) is 13.0 Å². The monoisotopic (exact) mass is 436 g/mol. The molecule has 3 rings (SSSR count). The lowest BCUT2D eigenvalue weighted by Crippen LogP contribution is -2.17. The van der Waals surface area contributed by atoms with Crippen molar-refractivity contribution in [2.75, 3.05) is 0 Å². The van der Waals surface area contributed by atoms with E-state index in [4.69, 9.17) is 23.2 Å². The van der Waals surface area contributed by atoms with E-state index in [9.17, 15) is 13.2 Å². The van der Waals surface area contributed by atoms with E-state index in [-0.39, 0.29) is 22.4 Å². The van der Waals surface area contributed by atoms with E-state index < -0.39 is 12.6 Å². The summed E-state index contributed by atoms with van der Waals surface area (Å²) >= 11 is 15.4. The summed E-state index contributed by atoms with van der Waals surface area (Å²) in [4.78, 5) is 4.11. The quantitative estimate of drug-likeness (QED) is 0.472. The fraction of sp³-hybridized carbons (Fsp3) is 0.188. The molecule has 0 aliphatic carbocycles. The van der Waals surface area contributed by atoms with Gasteiger partial charge in [0.25, 0.3) is 0 Å². The standard InChI is InChI=1S/C16H10BrCl2F3N2/c17-10-4-2-1-3-9(10)8-24-14-6-12(19)11(18)5-13(14)23-15(24)7-16(20,21)22/h1-6H,7-8H2. The Labute approximate surface area is 154 Å². The van der Waals surface area contributed by atoms with Crippen LogP contribution in [0.25, 0.3) is 11.0 Å². The van der Waals surface area contributed by atoms with Crippen molar-refractivity contribution in [3.8, 4) is 0 Å². The fourth-order valence-corrected chi connectivity index (χ4v) is 3.18. The molecule has 0 N–H and O–H groups in total. The molecule has 126 valence electrons. The number of hydrogen-bond donors (Lipinski definition) is 0. The molecule has 0 radical (unpaired) electrons. The topological polar surface area (TPSA) is 17.8 Å². The molecule has 0 aliphatic rings. The van der Waals surface area contributed by atoms with E-state index in [0.717, 1.165) is 10.0 Å². The summed E-state index contributed by atoms with van der Waals surface area (Å²) in [7, 11) is 0. The molecule has 1 aromatic heterocycles. The second kappa shape index (κ2) is 6.58. The molecular weight excluding hydrogens is 428 g/mol. The highest BCUT2D eigenvalue weighted by atomic mass is 79.9. The van der Waals surface area contributed by atoms with Crippen molar-refractivity contribution in [3.05, 3.63) is 62.3 Å². The summed E-state index contributed by atoms with van der Waals surface area (Å²) in [5.74, 6) is -0.0772. The minimum atomic E-state index is -4.36. The van der Waals surface area contributed by atoms with Gasteiger partial charge in [-0.2, -0.15) is 13.2 Å². The van der Waals surface area contributed by atoms with E-state index in [1.54, 1.807) is 6.07 Å². The zero-order chi connectivity index (χ0) is 17.5. The third-order valence-corrected chi connectivity index (χ3v) is 5.01. The predicted octanol–water partition coefficient (Wildman–Crippen LogP) is 6.26. The van der Waals surface area contributed by atoms with Crippen molar-refractivity contribution in [3.63, 3.8) is 0 Å². The van der Waals surface area contributed by atoms with Gasteiger partial charge in [-0.3, -0.25) is 0 Å². The fourth-order valence-electron chi connectivity index (χ4n) is 2.46. The number of nitrogens with zero attached hydrogens (tertiary/aromatic N) is 2. The number of imidazole rings is 1. The van der Waals surface area contributed by atoms with Crippen LogP contribution in [0, 0.1) is 0 Å². The van der Waals surface area contributed by atoms with Gasteiger partial charge in [0.2, 0.25) is 0 Å².